The smallest absolute Gasteiger partial charge is 0.189 e. The summed E-state index contributed by atoms with van der Waals surface area (Å²) in [6.07, 6.45) is 1.70. The highest BCUT2D eigenvalue weighted by Crippen LogP contribution is 2.23. The number of ether oxygens (including phenoxy) is 1. The van der Waals surface area contributed by atoms with E-state index in [0.29, 0.717) is 32.3 Å². The van der Waals surface area contributed by atoms with Gasteiger partial charge in [-0.25, -0.2) is 9.38 Å². The molecular formula is C15H21FN4O. The Morgan fingerprint density at radius 2 is 2.24 bits per heavy atom. The maximum atomic E-state index is 13.5. The van der Waals surface area contributed by atoms with Gasteiger partial charge in [-0.15, -0.1) is 6.58 Å². The molecule has 5 nitrogen and oxygen atoms in total. The van der Waals surface area contributed by atoms with Crippen molar-refractivity contribution in [3.63, 3.8) is 0 Å². The molecule has 0 bridgehead atoms. The van der Waals surface area contributed by atoms with Crippen LogP contribution in [0, 0.1) is 5.82 Å². The van der Waals surface area contributed by atoms with Crippen LogP contribution in [-0.4, -0.2) is 38.8 Å². The van der Waals surface area contributed by atoms with Gasteiger partial charge in [0.1, 0.15) is 5.82 Å². The monoisotopic (exact) mass is 292 g/mol. The number of benzene rings is 1. The second-order valence-electron chi connectivity index (χ2n) is 4.74. The van der Waals surface area contributed by atoms with Crippen molar-refractivity contribution in [2.45, 2.75) is 6.54 Å². The zero-order valence-corrected chi connectivity index (χ0v) is 12.0. The fourth-order valence-electron chi connectivity index (χ4n) is 2.20. The minimum absolute atomic E-state index is 0.269. The Hall–Kier alpha value is -2.08. The van der Waals surface area contributed by atoms with Gasteiger partial charge in [0.25, 0.3) is 0 Å². The molecule has 1 heterocycles. The first-order chi connectivity index (χ1) is 10.2. The summed E-state index contributed by atoms with van der Waals surface area (Å²) >= 11 is 0. The summed E-state index contributed by atoms with van der Waals surface area (Å²) in [5.41, 5.74) is 7.54. The van der Waals surface area contributed by atoms with E-state index >= 15 is 0 Å². The Balaban J connectivity index is 2.13. The first kappa shape index (κ1) is 15.3. The van der Waals surface area contributed by atoms with Crippen molar-refractivity contribution in [2.75, 3.05) is 37.7 Å². The molecule has 0 amide bonds. The zero-order chi connectivity index (χ0) is 15.1. The van der Waals surface area contributed by atoms with Crippen LogP contribution in [-0.2, 0) is 11.3 Å². The molecule has 1 aromatic rings. The molecule has 0 saturated carbocycles. The highest BCUT2D eigenvalue weighted by Gasteiger charge is 2.15. The number of morpholine rings is 1. The van der Waals surface area contributed by atoms with Crippen LogP contribution in [0.2, 0.25) is 0 Å². The molecule has 0 aliphatic carbocycles. The molecule has 6 heteroatoms. The SMILES string of the molecule is C=CCNC(N)=NCc1cc(F)ccc1N1CCOCC1. The van der Waals surface area contributed by atoms with Crippen LogP contribution < -0.4 is 16.0 Å². The topological polar surface area (TPSA) is 62.9 Å². The molecule has 0 radical (unpaired) electrons. The molecule has 21 heavy (non-hydrogen) atoms. The van der Waals surface area contributed by atoms with E-state index in [4.69, 9.17) is 10.5 Å². The Bertz CT molecular complexity index is 512. The lowest BCUT2D eigenvalue weighted by Gasteiger charge is -2.30. The van der Waals surface area contributed by atoms with Crippen molar-refractivity contribution in [1.82, 2.24) is 5.32 Å². The van der Waals surface area contributed by atoms with E-state index in [2.05, 4.69) is 21.8 Å². The van der Waals surface area contributed by atoms with Gasteiger partial charge in [-0.1, -0.05) is 6.08 Å². The maximum Gasteiger partial charge on any atom is 0.189 e. The van der Waals surface area contributed by atoms with Crippen molar-refractivity contribution < 1.29 is 9.13 Å². The highest BCUT2D eigenvalue weighted by molar-refractivity contribution is 5.78. The molecule has 0 aromatic heterocycles. The number of halogens is 1. The van der Waals surface area contributed by atoms with E-state index in [0.717, 1.165) is 24.3 Å². The Morgan fingerprint density at radius 3 is 2.95 bits per heavy atom. The minimum atomic E-state index is -0.269. The Labute approximate surface area is 124 Å². The Morgan fingerprint density at radius 1 is 1.48 bits per heavy atom. The number of anilines is 1. The molecule has 1 saturated heterocycles. The van der Waals surface area contributed by atoms with Crippen LogP contribution in [0.1, 0.15) is 5.56 Å². The van der Waals surface area contributed by atoms with E-state index < -0.39 is 0 Å². The summed E-state index contributed by atoms with van der Waals surface area (Å²) in [6.45, 7) is 7.44. The molecule has 1 aliphatic rings. The van der Waals surface area contributed by atoms with Crippen molar-refractivity contribution in [3.05, 3.63) is 42.2 Å². The first-order valence-electron chi connectivity index (χ1n) is 6.96. The van der Waals surface area contributed by atoms with Gasteiger partial charge in [-0.05, 0) is 23.8 Å². The molecule has 1 fully saturated rings. The molecule has 1 aliphatic heterocycles. The molecule has 114 valence electrons. The number of aliphatic imine (C=N–C) groups is 1. The third-order valence-corrected chi connectivity index (χ3v) is 3.24. The second kappa shape index (κ2) is 7.64. The first-order valence-corrected chi connectivity index (χ1v) is 6.96. The molecule has 0 spiro atoms. The zero-order valence-electron chi connectivity index (χ0n) is 12.0. The standard InChI is InChI=1S/C15H21FN4O/c1-2-5-18-15(17)19-11-12-10-13(16)3-4-14(12)20-6-8-21-9-7-20/h2-4,10H,1,5-9,11H2,(H3,17,18,19). The number of nitrogens with zero attached hydrogens (tertiary/aromatic N) is 2. The summed E-state index contributed by atoms with van der Waals surface area (Å²) in [5.74, 6) is 0.0573. The molecular weight excluding hydrogens is 271 g/mol. The van der Waals surface area contributed by atoms with Gasteiger partial charge in [0.2, 0.25) is 0 Å². The quantitative estimate of drug-likeness (QED) is 0.487. The van der Waals surface area contributed by atoms with Crippen LogP contribution in [0.4, 0.5) is 10.1 Å². The number of rotatable bonds is 5. The maximum absolute atomic E-state index is 13.5. The van der Waals surface area contributed by atoms with E-state index in [9.17, 15) is 4.39 Å². The lowest BCUT2D eigenvalue weighted by Crippen LogP contribution is -2.37. The van der Waals surface area contributed by atoms with Gasteiger partial charge >= 0.3 is 0 Å². The van der Waals surface area contributed by atoms with Crippen molar-refractivity contribution in [2.24, 2.45) is 10.7 Å². The van der Waals surface area contributed by atoms with Crippen molar-refractivity contribution >= 4 is 11.6 Å². The molecule has 0 atom stereocenters. The van der Waals surface area contributed by atoms with Crippen LogP contribution in [0.3, 0.4) is 0 Å². The van der Waals surface area contributed by atoms with E-state index in [1.54, 1.807) is 12.1 Å². The van der Waals surface area contributed by atoms with E-state index in [1.807, 2.05) is 0 Å². The molecule has 2 rings (SSSR count). The second-order valence-corrected chi connectivity index (χ2v) is 4.74. The van der Waals surface area contributed by atoms with Crippen LogP contribution >= 0.6 is 0 Å². The number of guanidine groups is 1. The fraction of sp³-hybridized carbons (Fsp3) is 0.400. The minimum Gasteiger partial charge on any atom is -0.378 e. The molecule has 3 N–H and O–H groups in total. The van der Waals surface area contributed by atoms with Gasteiger partial charge in [0.15, 0.2) is 5.96 Å². The predicted octanol–water partition coefficient (Wildman–Crippen LogP) is 1.25. The normalized spacial score (nSPS) is 15.9. The predicted molar refractivity (Wildman–Crippen MR) is 83.0 cm³/mol. The van der Waals surface area contributed by atoms with Gasteiger partial charge in [0, 0.05) is 25.3 Å². The summed E-state index contributed by atoms with van der Waals surface area (Å²) in [4.78, 5) is 6.42. The van der Waals surface area contributed by atoms with Gasteiger partial charge in [0.05, 0.1) is 19.8 Å². The van der Waals surface area contributed by atoms with Crippen LogP contribution in [0.25, 0.3) is 0 Å². The summed E-state index contributed by atoms with van der Waals surface area (Å²) in [7, 11) is 0. The highest BCUT2D eigenvalue weighted by atomic mass is 19.1. The number of hydrogen-bond acceptors (Lipinski definition) is 3. The van der Waals surface area contributed by atoms with Gasteiger partial charge < -0.3 is 20.7 Å². The van der Waals surface area contributed by atoms with Gasteiger partial charge in [-0.3, -0.25) is 0 Å². The summed E-state index contributed by atoms with van der Waals surface area (Å²) < 4.78 is 18.8. The van der Waals surface area contributed by atoms with Crippen molar-refractivity contribution in [1.29, 1.82) is 0 Å². The lowest BCUT2D eigenvalue weighted by molar-refractivity contribution is 0.122. The largest absolute Gasteiger partial charge is 0.378 e. The average molecular weight is 292 g/mol. The van der Waals surface area contributed by atoms with Gasteiger partial charge in [-0.2, -0.15) is 0 Å². The third kappa shape index (κ3) is 4.46. The summed E-state index contributed by atoms with van der Waals surface area (Å²) in [5, 5.41) is 2.90. The van der Waals surface area contributed by atoms with Crippen LogP contribution in [0.5, 0.6) is 0 Å². The van der Waals surface area contributed by atoms with E-state index in [1.165, 1.54) is 12.1 Å². The van der Waals surface area contributed by atoms with E-state index in [-0.39, 0.29) is 5.82 Å². The fourth-order valence-corrected chi connectivity index (χ4v) is 2.20. The van der Waals surface area contributed by atoms with Crippen LogP contribution in [0.15, 0.2) is 35.8 Å². The Kier molecular flexibility index (Phi) is 5.57. The number of nitrogens with two attached hydrogens (primary N) is 1. The lowest BCUT2D eigenvalue weighted by atomic mass is 10.1. The average Bonchev–Trinajstić information content (AvgIpc) is 2.52. The molecule has 1 aromatic carbocycles. The van der Waals surface area contributed by atoms with Crippen molar-refractivity contribution in [3.8, 4) is 0 Å². The number of hydrogen-bond donors (Lipinski definition) is 2. The summed E-state index contributed by atoms with van der Waals surface area (Å²) in [6, 6.07) is 4.77. The molecule has 0 unspecified atom stereocenters. The third-order valence-electron chi connectivity index (χ3n) is 3.24. The number of nitrogens with one attached hydrogen (secondary N) is 1.